The van der Waals surface area contributed by atoms with Crippen LogP contribution in [-0.4, -0.2) is 24.3 Å². The number of unbranched alkanes of at least 4 members (excludes halogenated alkanes) is 5. The second-order valence-corrected chi connectivity index (χ2v) is 4.97. The highest BCUT2D eigenvalue weighted by Gasteiger charge is 2.10. The van der Waals surface area contributed by atoms with Gasteiger partial charge < -0.3 is 9.84 Å². The molecule has 0 fully saturated rings. The molecule has 1 aromatic rings. The van der Waals surface area contributed by atoms with Crippen molar-refractivity contribution in [1.29, 1.82) is 0 Å². The van der Waals surface area contributed by atoms with E-state index in [1.807, 2.05) is 31.2 Å². The molecule has 0 unspecified atom stereocenters. The molecule has 1 aromatic carbocycles. The molecule has 3 heteroatoms. The lowest BCUT2D eigenvalue weighted by molar-refractivity contribution is 0.0525. The quantitative estimate of drug-likeness (QED) is 0.524. The van der Waals surface area contributed by atoms with E-state index in [-0.39, 0.29) is 5.97 Å². The zero-order valence-electron chi connectivity index (χ0n) is 12.4. The Labute approximate surface area is 122 Å². The van der Waals surface area contributed by atoms with Crippen LogP contribution in [0.4, 0.5) is 0 Å². The van der Waals surface area contributed by atoms with Crippen molar-refractivity contribution in [1.82, 2.24) is 0 Å². The van der Waals surface area contributed by atoms with Crippen LogP contribution in [0.3, 0.4) is 0 Å². The molecule has 0 bridgehead atoms. The van der Waals surface area contributed by atoms with Crippen molar-refractivity contribution < 1.29 is 14.6 Å². The van der Waals surface area contributed by atoms with Crippen LogP contribution < -0.4 is 0 Å². The second-order valence-electron chi connectivity index (χ2n) is 4.97. The van der Waals surface area contributed by atoms with Crippen molar-refractivity contribution in [2.45, 2.75) is 51.9 Å². The van der Waals surface area contributed by atoms with E-state index < -0.39 is 0 Å². The van der Waals surface area contributed by atoms with E-state index in [0.29, 0.717) is 18.8 Å². The van der Waals surface area contributed by atoms with Gasteiger partial charge in [0.25, 0.3) is 0 Å². The molecule has 1 N–H and O–H groups in total. The van der Waals surface area contributed by atoms with Crippen LogP contribution in [0.25, 0.3) is 0 Å². The fourth-order valence-electron chi connectivity index (χ4n) is 2.28. The first-order chi connectivity index (χ1) is 9.79. The Morgan fingerprint density at radius 1 is 1.05 bits per heavy atom. The summed E-state index contributed by atoms with van der Waals surface area (Å²) in [7, 11) is 0. The molecule has 0 atom stereocenters. The minimum atomic E-state index is -0.217. The molecule has 0 aliphatic heterocycles. The molecule has 0 aliphatic carbocycles. The summed E-state index contributed by atoms with van der Waals surface area (Å²) in [5, 5.41) is 8.70. The number of ether oxygens (including phenoxy) is 1. The lowest BCUT2D eigenvalue weighted by Crippen LogP contribution is -2.08. The SMILES string of the molecule is CCOC(=O)c1ccccc1CCCCCCCCO. The van der Waals surface area contributed by atoms with Crippen molar-refractivity contribution in [3.63, 3.8) is 0 Å². The van der Waals surface area contributed by atoms with Gasteiger partial charge in [-0.25, -0.2) is 4.79 Å². The molecule has 0 aliphatic rings. The monoisotopic (exact) mass is 278 g/mol. The Morgan fingerprint density at radius 2 is 1.70 bits per heavy atom. The fraction of sp³-hybridized carbons (Fsp3) is 0.588. The first-order valence-electron chi connectivity index (χ1n) is 7.65. The lowest BCUT2D eigenvalue weighted by Gasteiger charge is -2.08. The molecule has 112 valence electrons. The number of hydrogen-bond donors (Lipinski definition) is 1. The summed E-state index contributed by atoms with van der Waals surface area (Å²) in [6, 6.07) is 7.70. The maximum Gasteiger partial charge on any atom is 0.338 e. The van der Waals surface area contributed by atoms with Gasteiger partial charge in [-0.3, -0.25) is 0 Å². The van der Waals surface area contributed by atoms with E-state index in [9.17, 15) is 4.79 Å². The Balaban J connectivity index is 2.34. The minimum absolute atomic E-state index is 0.217. The van der Waals surface area contributed by atoms with Crippen molar-refractivity contribution in [2.24, 2.45) is 0 Å². The van der Waals surface area contributed by atoms with Gasteiger partial charge in [-0.05, 0) is 37.8 Å². The Kier molecular flexibility index (Phi) is 8.72. The highest BCUT2D eigenvalue weighted by molar-refractivity contribution is 5.91. The van der Waals surface area contributed by atoms with Gasteiger partial charge in [0.2, 0.25) is 0 Å². The minimum Gasteiger partial charge on any atom is -0.462 e. The molecule has 20 heavy (non-hydrogen) atoms. The number of benzene rings is 1. The van der Waals surface area contributed by atoms with Gasteiger partial charge in [-0.15, -0.1) is 0 Å². The average Bonchev–Trinajstić information content (AvgIpc) is 2.47. The molecule has 0 heterocycles. The number of aliphatic hydroxyl groups is 1. The number of carbonyl (C=O) groups excluding carboxylic acids is 1. The smallest absolute Gasteiger partial charge is 0.338 e. The summed E-state index contributed by atoms with van der Waals surface area (Å²) in [5.74, 6) is -0.217. The van der Waals surface area contributed by atoms with Crippen LogP contribution in [0.5, 0.6) is 0 Å². The van der Waals surface area contributed by atoms with Gasteiger partial charge in [0.1, 0.15) is 0 Å². The van der Waals surface area contributed by atoms with E-state index in [4.69, 9.17) is 9.84 Å². The summed E-state index contributed by atoms with van der Waals surface area (Å²) in [5.41, 5.74) is 1.79. The summed E-state index contributed by atoms with van der Waals surface area (Å²) in [6.45, 7) is 2.54. The molecule has 0 spiro atoms. The van der Waals surface area contributed by atoms with Gasteiger partial charge >= 0.3 is 5.97 Å². The van der Waals surface area contributed by atoms with E-state index in [1.165, 1.54) is 19.3 Å². The van der Waals surface area contributed by atoms with Gasteiger partial charge in [-0.1, -0.05) is 43.9 Å². The molecular weight excluding hydrogens is 252 g/mol. The van der Waals surface area contributed by atoms with E-state index in [1.54, 1.807) is 0 Å². The Bertz CT molecular complexity index is 388. The normalized spacial score (nSPS) is 10.5. The predicted molar refractivity (Wildman–Crippen MR) is 80.9 cm³/mol. The summed E-state index contributed by atoms with van der Waals surface area (Å²) in [4.78, 5) is 11.8. The lowest BCUT2D eigenvalue weighted by atomic mass is 10.0. The number of esters is 1. The number of aliphatic hydroxyl groups excluding tert-OH is 1. The van der Waals surface area contributed by atoms with Crippen molar-refractivity contribution in [3.8, 4) is 0 Å². The van der Waals surface area contributed by atoms with Crippen LogP contribution >= 0.6 is 0 Å². The molecule has 0 aromatic heterocycles. The zero-order valence-corrected chi connectivity index (χ0v) is 12.4. The van der Waals surface area contributed by atoms with Gasteiger partial charge in [0.05, 0.1) is 12.2 Å². The highest BCUT2D eigenvalue weighted by Crippen LogP contribution is 2.15. The largest absolute Gasteiger partial charge is 0.462 e. The van der Waals surface area contributed by atoms with Crippen molar-refractivity contribution in [2.75, 3.05) is 13.2 Å². The van der Waals surface area contributed by atoms with Gasteiger partial charge in [0, 0.05) is 6.61 Å². The Hall–Kier alpha value is -1.35. The third-order valence-electron chi connectivity index (χ3n) is 3.37. The third-order valence-corrected chi connectivity index (χ3v) is 3.37. The summed E-state index contributed by atoms with van der Waals surface area (Å²) < 4.78 is 5.08. The predicted octanol–water partition coefficient (Wildman–Crippen LogP) is 3.74. The summed E-state index contributed by atoms with van der Waals surface area (Å²) in [6.07, 6.45) is 7.58. The number of hydrogen-bond acceptors (Lipinski definition) is 3. The van der Waals surface area contributed by atoms with Crippen molar-refractivity contribution >= 4 is 5.97 Å². The van der Waals surface area contributed by atoms with Crippen LogP contribution in [0.1, 0.15) is 61.4 Å². The number of aryl methyl sites for hydroxylation is 1. The number of carbonyl (C=O) groups is 1. The van der Waals surface area contributed by atoms with Crippen LogP contribution in [0.2, 0.25) is 0 Å². The molecule has 0 saturated carbocycles. The zero-order chi connectivity index (χ0) is 14.6. The molecule has 0 amide bonds. The molecule has 1 rings (SSSR count). The third kappa shape index (κ3) is 6.20. The van der Waals surface area contributed by atoms with Crippen LogP contribution in [0, 0.1) is 0 Å². The molecule has 0 radical (unpaired) electrons. The van der Waals surface area contributed by atoms with Gasteiger partial charge in [-0.2, -0.15) is 0 Å². The van der Waals surface area contributed by atoms with E-state index in [2.05, 4.69) is 0 Å². The van der Waals surface area contributed by atoms with Crippen LogP contribution in [-0.2, 0) is 11.2 Å². The topological polar surface area (TPSA) is 46.5 Å². The summed E-state index contributed by atoms with van der Waals surface area (Å²) >= 11 is 0. The second kappa shape index (κ2) is 10.4. The molecular formula is C17H26O3. The van der Waals surface area contributed by atoms with E-state index in [0.717, 1.165) is 31.2 Å². The highest BCUT2D eigenvalue weighted by atomic mass is 16.5. The standard InChI is InChI=1S/C17H26O3/c1-2-20-17(19)16-13-9-8-12-15(16)11-7-5-3-4-6-10-14-18/h8-9,12-13,18H,2-7,10-11,14H2,1H3. The fourth-order valence-corrected chi connectivity index (χ4v) is 2.28. The van der Waals surface area contributed by atoms with Gasteiger partial charge in [0.15, 0.2) is 0 Å². The number of rotatable bonds is 10. The molecule has 3 nitrogen and oxygen atoms in total. The average molecular weight is 278 g/mol. The van der Waals surface area contributed by atoms with E-state index >= 15 is 0 Å². The first kappa shape index (κ1) is 16.7. The first-order valence-corrected chi connectivity index (χ1v) is 7.65. The molecule has 0 saturated heterocycles. The maximum absolute atomic E-state index is 11.8. The van der Waals surface area contributed by atoms with Crippen molar-refractivity contribution in [3.05, 3.63) is 35.4 Å². The van der Waals surface area contributed by atoms with Crippen LogP contribution in [0.15, 0.2) is 24.3 Å². The Morgan fingerprint density at radius 3 is 2.40 bits per heavy atom. The maximum atomic E-state index is 11.8.